The normalized spacial score (nSPS) is 10.7. The van der Waals surface area contributed by atoms with Crippen LogP contribution >= 0.6 is 22.9 Å². The third-order valence-electron chi connectivity index (χ3n) is 4.44. The van der Waals surface area contributed by atoms with Crippen molar-refractivity contribution in [3.05, 3.63) is 95.0 Å². The third kappa shape index (κ3) is 6.34. The first-order chi connectivity index (χ1) is 17.0. The van der Waals surface area contributed by atoms with Gasteiger partial charge in [0.05, 0.1) is 16.8 Å². The first-order valence-electron chi connectivity index (χ1n) is 10.1. The number of carbonyl (C=O) groups excluding carboxylic acids is 3. The molecule has 0 unspecified atom stereocenters. The number of hydrogen-bond donors (Lipinski definition) is 2. The number of amides is 2. The molecule has 4 rings (SSSR count). The van der Waals surface area contributed by atoms with E-state index in [1.165, 1.54) is 6.21 Å². The van der Waals surface area contributed by atoms with Crippen molar-refractivity contribution in [2.75, 3.05) is 5.32 Å². The molecular formula is C24H16ClN5O4S. The van der Waals surface area contributed by atoms with Crippen molar-refractivity contribution in [1.29, 1.82) is 0 Å². The Kier molecular flexibility index (Phi) is 7.56. The molecule has 0 radical (unpaired) electrons. The number of halogens is 1. The Morgan fingerprint density at radius 3 is 2.34 bits per heavy atom. The molecule has 174 valence electrons. The first kappa shape index (κ1) is 23.7. The Labute approximate surface area is 208 Å². The maximum Gasteiger partial charge on any atom is 0.345 e. The summed E-state index contributed by atoms with van der Waals surface area (Å²) in [5, 5.41) is 15.1. The molecule has 0 bridgehead atoms. The summed E-state index contributed by atoms with van der Waals surface area (Å²) in [5.41, 5.74) is 3.84. The van der Waals surface area contributed by atoms with Gasteiger partial charge < -0.3 is 4.74 Å². The van der Waals surface area contributed by atoms with Gasteiger partial charge in [0.2, 0.25) is 5.13 Å². The number of benzene rings is 3. The number of hydrazone groups is 1. The molecule has 9 nitrogen and oxygen atoms in total. The fraction of sp³-hybridized carbons (Fsp3) is 0. The number of nitrogens with zero attached hydrogens (tertiary/aromatic N) is 3. The maximum absolute atomic E-state index is 12.2. The zero-order valence-corrected chi connectivity index (χ0v) is 19.4. The Balaban J connectivity index is 1.27. The van der Waals surface area contributed by atoms with Crippen LogP contribution in [-0.2, 0) is 9.59 Å². The van der Waals surface area contributed by atoms with E-state index in [0.717, 1.165) is 16.9 Å². The van der Waals surface area contributed by atoms with Crippen LogP contribution in [0.15, 0.2) is 84.0 Å². The van der Waals surface area contributed by atoms with Crippen LogP contribution in [0.4, 0.5) is 5.13 Å². The maximum atomic E-state index is 12.2. The lowest BCUT2D eigenvalue weighted by Crippen LogP contribution is -2.32. The van der Waals surface area contributed by atoms with Gasteiger partial charge in [-0.25, -0.2) is 10.2 Å². The molecule has 35 heavy (non-hydrogen) atoms. The highest BCUT2D eigenvalue weighted by atomic mass is 35.5. The third-order valence-corrected chi connectivity index (χ3v) is 5.65. The fourth-order valence-electron chi connectivity index (χ4n) is 2.75. The van der Waals surface area contributed by atoms with Crippen LogP contribution in [0.1, 0.15) is 15.9 Å². The van der Waals surface area contributed by atoms with E-state index >= 15 is 0 Å². The lowest BCUT2D eigenvalue weighted by Gasteiger charge is -2.05. The van der Waals surface area contributed by atoms with E-state index in [1.54, 1.807) is 48.5 Å². The summed E-state index contributed by atoms with van der Waals surface area (Å²) >= 11 is 7.14. The number of ether oxygens (including phenoxy) is 1. The number of anilines is 1. The highest BCUT2D eigenvalue weighted by Crippen LogP contribution is 2.25. The quantitative estimate of drug-likeness (QED) is 0.133. The van der Waals surface area contributed by atoms with Gasteiger partial charge in [-0.15, -0.1) is 10.2 Å². The molecule has 0 saturated heterocycles. The highest BCUT2D eigenvalue weighted by molar-refractivity contribution is 7.18. The lowest BCUT2D eigenvalue weighted by atomic mass is 10.2. The summed E-state index contributed by atoms with van der Waals surface area (Å²) in [5.74, 6) is -2.17. The van der Waals surface area contributed by atoms with Crippen LogP contribution in [0.2, 0.25) is 5.02 Å². The molecule has 2 N–H and O–H groups in total. The molecule has 0 saturated carbocycles. The van der Waals surface area contributed by atoms with Crippen LogP contribution in [-0.4, -0.2) is 34.2 Å². The predicted molar refractivity (Wildman–Crippen MR) is 133 cm³/mol. The van der Waals surface area contributed by atoms with E-state index in [-0.39, 0.29) is 10.7 Å². The van der Waals surface area contributed by atoms with Gasteiger partial charge in [-0.05, 0) is 42.0 Å². The zero-order valence-electron chi connectivity index (χ0n) is 17.8. The first-order valence-corrected chi connectivity index (χ1v) is 11.3. The van der Waals surface area contributed by atoms with Gasteiger partial charge >= 0.3 is 17.8 Å². The molecule has 2 amide bonds. The fourth-order valence-corrected chi connectivity index (χ4v) is 3.71. The molecule has 4 aromatic rings. The zero-order chi connectivity index (χ0) is 24.6. The van der Waals surface area contributed by atoms with Crippen molar-refractivity contribution in [3.8, 4) is 16.3 Å². The van der Waals surface area contributed by atoms with Crippen molar-refractivity contribution in [2.24, 2.45) is 5.10 Å². The molecule has 3 aromatic carbocycles. The molecule has 0 aliphatic rings. The van der Waals surface area contributed by atoms with Gasteiger partial charge in [0.1, 0.15) is 10.8 Å². The minimum atomic E-state index is -0.969. The Morgan fingerprint density at radius 1 is 0.886 bits per heavy atom. The van der Waals surface area contributed by atoms with Crippen LogP contribution in [0.3, 0.4) is 0 Å². The molecule has 0 aliphatic carbocycles. The topological polar surface area (TPSA) is 123 Å². The molecule has 0 spiro atoms. The second-order valence-corrected chi connectivity index (χ2v) is 8.25. The van der Waals surface area contributed by atoms with Crippen molar-refractivity contribution in [2.45, 2.75) is 0 Å². The van der Waals surface area contributed by atoms with E-state index in [0.29, 0.717) is 21.3 Å². The number of rotatable bonds is 6. The number of carbonyl (C=O) groups is 3. The van der Waals surface area contributed by atoms with E-state index in [4.69, 9.17) is 16.3 Å². The van der Waals surface area contributed by atoms with Gasteiger partial charge in [0.15, 0.2) is 0 Å². The average Bonchev–Trinajstić information content (AvgIpc) is 3.34. The summed E-state index contributed by atoms with van der Waals surface area (Å²) in [6, 6.07) is 22.3. The summed E-state index contributed by atoms with van der Waals surface area (Å²) in [6.45, 7) is 0. The number of nitrogens with one attached hydrogen (secondary N) is 2. The Hall–Kier alpha value is -4.41. The van der Waals surface area contributed by atoms with Crippen LogP contribution < -0.4 is 15.5 Å². The van der Waals surface area contributed by atoms with Gasteiger partial charge in [0, 0.05) is 5.56 Å². The Morgan fingerprint density at radius 2 is 1.60 bits per heavy atom. The molecule has 0 fully saturated rings. The molecule has 0 atom stereocenters. The summed E-state index contributed by atoms with van der Waals surface area (Å²) in [4.78, 5) is 36.3. The molecular weight excluding hydrogens is 490 g/mol. The number of hydrogen-bond acceptors (Lipinski definition) is 8. The van der Waals surface area contributed by atoms with E-state index in [9.17, 15) is 14.4 Å². The van der Waals surface area contributed by atoms with E-state index in [1.807, 2.05) is 30.3 Å². The smallest absolute Gasteiger partial charge is 0.345 e. The molecule has 11 heteroatoms. The SMILES string of the molecule is O=C(N/N=C\c1ccc(OC(=O)c2ccccc2Cl)cc1)C(=O)Nc1nnc(-c2ccccc2)s1. The number of esters is 1. The second kappa shape index (κ2) is 11.1. The van der Waals surface area contributed by atoms with E-state index < -0.39 is 17.8 Å². The lowest BCUT2D eigenvalue weighted by molar-refractivity contribution is -0.136. The Bertz CT molecular complexity index is 1390. The van der Waals surface area contributed by atoms with Gasteiger partial charge in [-0.3, -0.25) is 14.9 Å². The molecule has 0 aliphatic heterocycles. The van der Waals surface area contributed by atoms with Crippen molar-refractivity contribution in [3.63, 3.8) is 0 Å². The molecule has 1 aromatic heterocycles. The predicted octanol–water partition coefficient (Wildman–Crippen LogP) is 4.17. The largest absolute Gasteiger partial charge is 0.423 e. The van der Waals surface area contributed by atoms with Crippen molar-refractivity contribution in [1.82, 2.24) is 15.6 Å². The highest BCUT2D eigenvalue weighted by Gasteiger charge is 2.16. The summed E-state index contributed by atoms with van der Waals surface area (Å²) in [7, 11) is 0. The van der Waals surface area contributed by atoms with Crippen molar-refractivity contribution >= 4 is 52.1 Å². The average molecular weight is 506 g/mol. The van der Waals surface area contributed by atoms with Gasteiger partial charge in [0.25, 0.3) is 0 Å². The number of aromatic nitrogens is 2. The standard InChI is InChI=1S/C24H16ClN5O4S/c25-19-9-5-4-8-18(19)23(33)34-17-12-10-15(11-13-17)14-26-28-21(32)20(31)27-24-30-29-22(35-24)16-6-2-1-3-7-16/h1-14H,(H,28,32)(H,27,30,31)/b26-14-. The monoisotopic (exact) mass is 505 g/mol. The minimum absolute atomic E-state index is 0.190. The summed E-state index contributed by atoms with van der Waals surface area (Å²) in [6.07, 6.45) is 1.34. The van der Waals surface area contributed by atoms with E-state index in [2.05, 4.69) is 26.0 Å². The van der Waals surface area contributed by atoms with Crippen LogP contribution in [0.5, 0.6) is 5.75 Å². The van der Waals surface area contributed by atoms with Crippen molar-refractivity contribution < 1.29 is 19.1 Å². The van der Waals surface area contributed by atoms with Gasteiger partial charge in [-0.2, -0.15) is 5.10 Å². The minimum Gasteiger partial charge on any atom is -0.423 e. The second-order valence-electron chi connectivity index (χ2n) is 6.87. The summed E-state index contributed by atoms with van der Waals surface area (Å²) < 4.78 is 5.30. The van der Waals surface area contributed by atoms with Crippen LogP contribution in [0.25, 0.3) is 10.6 Å². The molecule has 1 heterocycles. The van der Waals surface area contributed by atoms with Crippen LogP contribution in [0, 0.1) is 0 Å². The van der Waals surface area contributed by atoms with Gasteiger partial charge in [-0.1, -0.05) is 65.4 Å².